The second-order valence-electron chi connectivity index (χ2n) is 4.14. The normalized spacial score (nSPS) is 11.8. The number of ether oxygens (including phenoxy) is 1. The fraction of sp³-hybridized carbons (Fsp3) is 0.417. The summed E-state index contributed by atoms with van der Waals surface area (Å²) in [4.78, 5) is 6.83. The maximum absolute atomic E-state index is 13.7. The Hall–Kier alpha value is -2.19. The average Bonchev–Trinajstić information content (AvgIpc) is 2.77. The topological polar surface area (TPSA) is 61.0 Å². The predicted octanol–water partition coefficient (Wildman–Crippen LogP) is 3.17. The maximum Gasteiger partial charge on any atom is 0.426 e. The number of methoxy groups -OCH3 is 1. The van der Waals surface area contributed by atoms with Gasteiger partial charge in [-0.3, -0.25) is 0 Å². The van der Waals surface area contributed by atoms with Crippen molar-refractivity contribution in [2.45, 2.75) is 26.4 Å². The molecule has 21 heavy (non-hydrogen) atoms. The van der Waals surface area contributed by atoms with Gasteiger partial charge in [-0.05, 0) is 13.3 Å². The largest absolute Gasteiger partial charge is 0.480 e. The summed E-state index contributed by atoms with van der Waals surface area (Å²) in [5.74, 6) is -2.46. The predicted molar refractivity (Wildman–Crippen MR) is 63.2 cm³/mol. The fourth-order valence-electron chi connectivity index (χ4n) is 1.89. The summed E-state index contributed by atoms with van der Waals surface area (Å²) in [6.45, 7) is 3.42. The highest BCUT2D eigenvalue weighted by molar-refractivity contribution is 5.56. The number of alkyl halides is 3. The van der Waals surface area contributed by atoms with Crippen molar-refractivity contribution in [2.75, 3.05) is 7.11 Å². The molecule has 2 rings (SSSR count). The average molecular weight is 305 g/mol. The van der Waals surface area contributed by atoms with E-state index in [2.05, 4.69) is 19.9 Å². The molecule has 0 radical (unpaired) electrons. The molecule has 0 aromatic carbocycles. The van der Waals surface area contributed by atoms with E-state index in [9.17, 15) is 17.6 Å². The Labute approximate surface area is 116 Å². The van der Waals surface area contributed by atoms with Crippen LogP contribution in [0.2, 0.25) is 0 Å². The smallest absolute Gasteiger partial charge is 0.426 e. The Balaban J connectivity index is 2.65. The van der Waals surface area contributed by atoms with Crippen LogP contribution in [-0.2, 0) is 12.6 Å². The summed E-state index contributed by atoms with van der Waals surface area (Å²) in [5.41, 5.74) is -0.954. The number of hydrogen-bond acceptors (Lipinski definition) is 5. The van der Waals surface area contributed by atoms with E-state index in [1.165, 1.54) is 0 Å². The molecule has 114 valence electrons. The highest BCUT2D eigenvalue weighted by Crippen LogP contribution is 2.37. The Morgan fingerprint density at radius 3 is 2.43 bits per heavy atom. The molecule has 9 heteroatoms. The van der Waals surface area contributed by atoms with Crippen LogP contribution < -0.4 is 4.74 Å². The van der Waals surface area contributed by atoms with E-state index in [4.69, 9.17) is 4.52 Å². The van der Waals surface area contributed by atoms with Crippen LogP contribution in [0.25, 0.3) is 11.5 Å². The van der Waals surface area contributed by atoms with Crippen LogP contribution in [0.5, 0.6) is 5.88 Å². The van der Waals surface area contributed by atoms with E-state index in [-0.39, 0.29) is 11.5 Å². The third-order valence-electron chi connectivity index (χ3n) is 2.86. The van der Waals surface area contributed by atoms with E-state index in [0.717, 1.165) is 7.11 Å². The quantitative estimate of drug-likeness (QED) is 0.644. The van der Waals surface area contributed by atoms with Crippen molar-refractivity contribution in [1.82, 2.24) is 15.1 Å². The summed E-state index contributed by atoms with van der Waals surface area (Å²) in [5, 5.41) is 3.66. The zero-order valence-electron chi connectivity index (χ0n) is 11.4. The van der Waals surface area contributed by atoms with Gasteiger partial charge in [0.1, 0.15) is 5.76 Å². The van der Waals surface area contributed by atoms with Crippen LogP contribution >= 0.6 is 0 Å². The number of nitrogens with zero attached hydrogens (tertiary/aromatic N) is 3. The molecule has 0 bridgehead atoms. The van der Waals surface area contributed by atoms with Crippen molar-refractivity contribution in [3.8, 4) is 17.4 Å². The molecular weight excluding hydrogens is 294 g/mol. The molecule has 0 N–H and O–H groups in total. The molecule has 0 spiro atoms. The molecule has 0 fully saturated rings. The fourth-order valence-corrected chi connectivity index (χ4v) is 1.89. The van der Waals surface area contributed by atoms with Gasteiger partial charge in [-0.1, -0.05) is 12.1 Å². The van der Waals surface area contributed by atoms with Crippen molar-refractivity contribution in [3.63, 3.8) is 0 Å². The molecule has 0 aliphatic heterocycles. The zero-order chi connectivity index (χ0) is 15.8. The zero-order valence-corrected chi connectivity index (χ0v) is 11.4. The summed E-state index contributed by atoms with van der Waals surface area (Å²) in [6.07, 6.45) is -4.47. The summed E-state index contributed by atoms with van der Waals surface area (Å²) < 4.78 is 61.4. The Morgan fingerprint density at radius 1 is 1.24 bits per heavy atom. The van der Waals surface area contributed by atoms with Crippen LogP contribution in [0.1, 0.15) is 23.8 Å². The van der Waals surface area contributed by atoms with Crippen LogP contribution in [0.3, 0.4) is 0 Å². The van der Waals surface area contributed by atoms with Crippen molar-refractivity contribution in [2.24, 2.45) is 0 Å². The molecule has 5 nitrogen and oxygen atoms in total. The SMILES string of the molecule is CCc1c(-c2nc(F)c(C(F)(F)F)c(OC)n2)noc1C. The lowest BCUT2D eigenvalue weighted by atomic mass is 10.1. The van der Waals surface area contributed by atoms with Crippen LogP contribution in [0.4, 0.5) is 17.6 Å². The van der Waals surface area contributed by atoms with Gasteiger partial charge in [-0.15, -0.1) is 0 Å². The van der Waals surface area contributed by atoms with Gasteiger partial charge in [0, 0.05) is 5.56 Å². The van der Waals surface area contributed by atoms with Gasteiger partial charge in [0.2, 0.25) is 11.8 Å². The second-order valence-corrected chi connectivity index (χ2v) is 4.14. The van der Waals surface area contributed by atoms with Crippen molar-refractivity contribution >= 4 is 0 Å². The molecule has 0 unspecified atom stereocenters. The number of halogens is 4. The minimum atomic E-state index is -4.96. The third-order valence-corrected chi connectivity index (χ3v) is 2.86. The van der Waals surface area contributed by atoms with Crippen molar-refractivity contribution in [3.05, 3.63) is 22.8 Å². The Morgan fingerprint density at radius 2 is 1.90 bits per heavy atom. The highest BCUT2D eigenvalue weighted by Gasteiger charge is 2.40. The molecule has 2 aromatic rings. The molecule has 0 aliphatic rings. The first-order chi connectivity index (χ1) is 9.79. The third kappa shape index (κ3) is 2.67. The van der Waals surface area contributed by atoms with Crippen LogP contribution in [-0.4, -0.2) is 22.2 Å². The molecule has 0 aliphatic carbocycles. The van der Waals surface area contributed by atoms with Gasteiger partial charge < -0.3 is 9.26 Å². The summed E-state index contributed by atoms with van der Waals surface area (Å²) >= 11 is 0. The molecular formula is C12H11F4N3O2. The van der Waals surface area contributed by atoms with Gasteiger partial charge in [0.25, 0.3) is 0 Å². The Kier molecular flexibility index (Phi) is 3.84. The highest BCUT2D eigenvalue weighted by atomic mass is 19.4. The number of rotatable bonds is 3. The monoisotopic (exact) mass is 305 g/mol. The van der Waals surface area contributed by atoms with Gasteiger partial charge in [0.15, 0.2) is 17.1 Å². The van der Waals surface area contributed by atoms with Crippen LogP contribution in [0.15, 0.2) is 4.52 Å². The lowest BCUT2D eigenvalue weighted by Gasteiger charge is -2.12. The minimum absolute atomic E-state index is 0.0981. The summed E-state index contributed by atoms with van der Waals surface area (Å²) in [6, 6.07) is 0. The van der Waals surface area contributed by atoms with Gasteiger partial charge in [-0.2, -0.15) is 27.5 Å². The first-order valence-corrected chi connectivity index (χ1v) is 5.93. The first-order valence-electron chi connectivity index (χ1n) is 5.93. The molecule has 0 atom stereocenters. The molecule has 0 amide bonds. The molecule has 2 heterocycles. The van der Waals surface area contributed by atoms with E-state index < -0.39 is 23.6 Å². The maximum atomic E-state index is 13.7. The van der Waals surface area contributed by atoms with E-state index in [1.54, 1.807) is 13.8 Å². The van der Waals surface area contributed by atoms with Crippen LogP contribution in [0, 0.1) is 12.9 Å². The first kappa shape index (κ1) is 15.2. The molecule has 0 saturated heterocycles. The number of aryl methyl sites for hydroxylation is 1. The lowest BCUT2D eigenvalue weighted by molar-refractivity contribution is -0.142. The summed E-state index contributed by atoms with van der Waals surface area (Å²) in [7, 11) is 0.968. The van der Waals surface area contributed by atoms with E-state index in [0.29, 0.717) is 17.7 Å². The number of aromatic nitrogens is 3. The van der Waals surface area contributed by atoms with Gasteiger partial charge in [-0.25, -0.2) is 0 Å². The van der Waals surface area contributed by atoms with Gasteiger partial charge in [0.05, 0.1) is 7.11 Å². The van der Waals surface area contributed by atoms with Crippen molar-refractivity contribution in [1.29, 1.82) is 0 Å². The Bertz CT molecular complexity index is 667. The van der Waals surface area contributed by atoms with E-state index >= 15 is 0 Å². The minimum Gasteiger partial charge on any atom is -0.480 e. The van der Waals surface area contributed by atoms with Crippen molar-refractivity contribution < 1.29 is 26.8 Å². The molecule has 0 saturated carbocycles. The second kappa shape index (κ2) is 5.30. The molecule has 2 aromatic heterocycles. The van der Waals surface area contributed by atoms with Gasteiger partial charge >= 0.3 is 6.18 Å². The van der Waals surface area contributed by atoms with E-state index in [1.807, 2.05) is 0 Å². The lowest BCUT2D eigenvalue weighted by Crippen LogP contribution is -2.14. The standard InChI is InChI=1S/C12H11F4N3O2/c1-4-6-5(2)21-19-8(6)10-17-9(13)7(12(14,15)16)11(18-10)20-3/h4H2,1-3H3. The number of hydrogen-bond donors (Lipinski definition) is 0.